The number of amides is 3. The topological polar surface area (TPSA) is 97.8 Å². The zero-order valence-corrected chi connectivity index (χ0v) is 20.9. The molecule has 0 saturated carbocycles. The molecule has 36 heavy (non-hydrogen) atoms. The van der Waals surface area contributed by atoms with Crippen LogP contribution in [0.25, 0.3) is 6.08 Å². The number of carbonyl (C=O) groups is 3. The van der Waals surface area contributed by atoms with Gasteiger partial charge in [0.05, 0.1) is 12.0 Å². The molecule has 3 amide bonds. The van der Waals surface area contributed by atoms with E-state index < -0.39 is 17.1 Å². The highest BCUT2D eigenvalue weighted by Gasteiger charge is 2.36. The Morgan fingerprint density at radius 1 is 1.06 bits per heavy atom. The standard InChI is InChI=1S/C27H25N3O5S/c1-17-4-5-18(2)21(12-17)29-25(31)15-30-26(32)24(36-27(30)33)14-20-6-7-22(23(13-20)34-3)35-16-19-8-10-28-11-9-19/h4-14H,15-16H2,1-3H3,(H,29,31)/b24-14+. The Kier molecular flexibility index (Phi) is 7.70. The maximum absolute atomic E-state index is 12.9. The molecule has 2 aromatic carbocycles. The first-order valence-electron chi connectivity index (χ1n) is 11.2. The zero-order valence-electron chi connectivity index (χ0n) is 20.1. The second-order valence-corrected chi connectivity index (χ2v) is 9.18. The maximum Gasteiger partial charge on any atom is 0.294 e. The zero-order chi connectivity index (χ0) is 25.7. The molecular formula is C27H25N3O5S. The molecule has 1 fully saturated rings. The van der Waals surface area contributed by atoms with Gasteiger partial charge in [-0.05, 0) is 84.3 Å². The van der Waals surface area contributed by atoms with Crippen LogP contribution in [0.15, 0.2) is 65.8 Å². The van der Waals surface area contributed by atoms with E-state index in [1.807, 2.05) is 44.2 Å². The quantitative estimate of drug-likeness (QED) is 0.434. The van der Waals surface area contributed by atoms with Crippen LogP contribution in [-0.2, 0) is 16.2 Å². The summed E-state index contributed by atoms with van der Waals surface area (Å²) in [5, 5.41) is 2.29. The summed E-state index contributed by atoms with van der Waals surface area (Å²) in [5.41, 5.74) is 4.17. The normalized spacial score (nSPS) is 14.3. The van der Waals surface area contributed by atoms with Gasteiger partial charge in [-0.15, -0.1) is 0 Å². The third-order valence-corrected chi connectivity index (χ3v) is 6.38. The van der Waals surface area contributed by atoms with E-state index in [4.69, 9.17) is 9.47 Å². The summed E-state index contributed by atoms with van der Waals surface area (Å²) in [5.74, 6) is 0.0790. The number of hydrogen-bond acceptors (Lipinski definition) is 7. The summed E-state index contributed by atoms with van der Waals surface area (Å²) in [4.78, 5) is 43.1. The molecular weight excluding hydrogens is 478 g/mol. The first-order valence-corrected chi connectivity index (χ1v) is 12.0. The number of ether oxygens (including phenoxy) is 2. The number of carbonyl (C=O) groups excluding carboxylic acids is 3. The molecule has 9 heteroatoms. The van der Waals surface area contributed by atoms with Gasteiger partial charge in [-0.3, -0.25) is 24.3 Å². The molecule has 1 aromatic heterocycles. The van der Waals surface area contributed by atoms with Gasteiger partial charge in [0.25, 0.3) is 11.1 Å². The number of nitrogens with zero attached hydrogens (tertiary/aromatic N) is 2. The molecule has 3 aromatic rings. The van der Waals surface area contributed by atoms with Gasteiger partial charge >= 0.3 is 0 Å². The summed E-state index contributed by atoms with van der Waals surface area (Å²) in [6.07, 6.45) is 4.99. The van der Waals surface area contributed by atoms with Gasteiger partial charge in [0.1, 0.15) is 13.2 Å². The highest BCUT2D eigenvalue weighted by Crippen LogP contribution is 2.34. The van der Waals surface area contributed by atoms with Crippen molar-refractivity contribution in [1.29, 1.82) is 0 Å². The highest BCUT2D eigenvalue weighted by molar-refractivity contribution is 8.18. The van der Waals surface area contributed by atoms with E-state index >= 15 is 0 Å². The van der Waals surface area contributed by atoms with Crippen LogP contribution >= 0.6 is 11.8 Å². The average molecular weight is 504 g/mol. The smallest absolute Gasteiger partial charge is 0.294 e. The lowest BCUT2D eigenvalue weighted by molar-refractivity contribution is -0.127. The summed E-state index contributed by atoms with van der Waals surface area (Å²) >= 11 is 0.796. The number of rotatable bonds is 8. The molecule has 1 aliphatic heterocycles. The molecule has 2 heterocycles. The van der Waals surface area contributed by atoms with Gasteiger partial charge in [0.2, 0.25) is 5.91 Å². The van der Waals surface area contributed by atoms with Crippen LogP contribution in [0, 0.1) is 13.8 Å². The molecule has 1 N–H and O–H groups in total. The Labute approximate surface area is 213 Å². The molecule has 8 nitrogen and oxygen atoms in total. The van der Waals surface area contributed by atoms with Gasteiger partial charge in [-0.2, -0.15) is 0 Å². The molecule has 184 valence electrons. The minimum Gasteiger partial charge on any atom is -0.493 e. The van der Waals surface area contributed by atoms with Crippen LogP contribution in [0.4, 0.5) is 10.5 Å². The largest absolute Gasteiger partial charge is 0.493 e. The predicted octanol–water partition coefficient (Wildman–Crippen LogP) is 4.96. The van der Waals surface area contributed by atoms with Crippen molar-refractivity contribution in [3.8, 4) is 11.5 Å². The van der Waals surface area contributed by atoms with Gasteiger partial charge < -0.3 is 14.8 Å². The van der Waals surface area contributed by atoms with E-state index in [0.29, 0.717) is 29.4 Å². The summed E-state index contributed by atoms with van der Waals surface area (Å²) in [7, 11) is 1.53. The number of pyridine rings is 1. The second kappa shape index (κ2) is 11.1. The fourth-order valence-corrected chi connectivity index (χ4v) is 4.36. The first kappa shape index (κ1) is 25.0. The Morgan fingerprint density at radius 2 is 1.83 bits per heavy atom. The number of hydrogen-bond donors (Lipinski definition) is 1. The van der Waals surface area contributed by atoms with Crippen molar-refractivity contribution >= 4 is 40.6 Å². The van der Waals surface area contributed by atoms with Crippen LogP contribution in [0.5, 0.6) is 11.5 Å². The molecule has 1 aliphatic rings. The maximum atomic E-state index is 12.9. The molecule has 0 radical (unpaired) electrons. The van der Waals surface area contributed by atoms with E-state index in [1.54, 1.807) is 36.7 Å². The number of imide groups is 1. The van der Waals surface area contributed by atoms with Gasteiger partial charge in [0, 0.05) is 18.1 Å². The Hall–Kier alpha value is -4.11. The van der Waals surface area contributed by atoms with Crippen molar-refractivity contribution in [3.05, 3.63) is 88.1 Å². The van der Waals surface area contributed by atoms with Crippen molar-refractivity contribution in [3.63, 3.8) is 0 Å². The van der Waals surface area contributed by atoms with Crippen molar-refractivity contribution in [2.45, 2.75) is 20.5 Å². The lowest BCUT2D eigenvalue weighted by Gasteiger charge is -2.14. The molecule has 0 unspecified atom stereocenters. The second-order valence-electron chi connectivity index (χ2n) is 8.19. The number of benzene rings is 2. The number of nitrogens with one attached hydrogen (secondary N) is 1. The number of aryl methyl sites for hydroxylation is 2. The SMILES string of the molecule is COc1cc(/C=C2/SC(=O)N(CC(=O)Nc3cc(C)ccc3C)C2=O)ccc1OCc1ccncc1. The van der Waals surface area contributed by atoms with Crippen molar-refractivity contribution in [2.24, 2.45) is 0 Å². The third-order valence-electron chi connectivity index (χ3n) is 5.47. The summed E-state index contributed by atoms with van der Waals surface area (Å²) in [6.45, 7) is 3.79. The Morgan fingerprint density at radius 3 is 2.58 bits per heavy atom. The van der Waals surface area contributed by atoms with Crippen LogP contribution in [-0.4, -0.2) is 40.6 Å². The van der Waals surface area contributed by atoms with Crippen molar-refractivity contribution in [2.75, 3.05) is 19.0 Å². The molecule has 0 spiro atoms. The summed E-state index contributed by atoms with van der Waals surface area (Å²) < 4.78 is 11.3. The van der Waals surface area contributed by atoms with Crippen molar-refractivity contribution < 1.29 is 23.9 Å². The molecule has 0 atom stereocenters. The van der Waals surface area contributed by atoms with E-state index in [0.717, 1.165) is 33.4 Å². The van der Waals surface area contributed by atoms with Gasteiger partial charge in [-0.1, -0.05) is 18.2 Å². The minimum absolute atomic E-state index is 0.229. The van der Waals surface area contributed by atoms with Crippen LogP contribution in [0.1, 0.15) is 22.3 Å². The molecule has 4 rings (SSSR count). The molecule has 1 saturated heterocycles. The number of thioether (sulfide) groups is 1. The monoisotopic (exact) mass is 503 g/mol. The Balaban J connectivity index is 1.43. The fourth-order valence-electron chi connectivity index (χ4n) is 3.52. The lowest BCUT2D eigenvalue weighted by atomic mass is 10.1. The molecule has 0 aliphatic carbocycles. The minimum atomic E-state index is -0.516. The number of aromatic nitrogens is 1. The molecule has 0 bridgehead atoms. The Bertz CT molecular complexity index is 1340. The van der Waals surface area contributed by atoms with E-state index in [1.165, 1.54) is 7.11 Å². The highest BCUT2D eigenvalue weighted by atomic mass is 32.2. The van der Waals surface area contributed by atoms with E-state index in [9.17, 15) is 14.4 Å². The van der Waals surface area contributed by atoms with E-state index in [-0.39, 0.29) is 11.4 Å². The van der Waals surface area contributed by atoms with E-state index in [2.05, 4.69) is 10.3 Å². The number of anilines is 1. The predicted molar refractivity (Wildman–Crippen MR) is 139 cm³/mol. The van der Waals surface area contributed by atoms with Crippen LogP contribution in [0.3, 0.4) is 0 Å². The average Bonchev–Trinajstić information content (AvgIpc) is 3.13. The lowest BCUT2D eigenvalue weighted by Crippen LogP contribution is -2.36. The van der Waals surface area contributed by atoms with Crippen LogP contribution in [0.2, 0.25) is 0 Å². The summed E-state index contributed by atoms with van der Waals surface area (Å²) in [6, 6.07) is 14.7. The van der Waals surface area contributed by atoms with Crippen LogP contribution < -0.4 is 14.8 Å². The fraction of sp³-hybridized carbons (Fsp3) is 0.185. The van der Waals surface area contributed by atoms with Gasteiger partial charge in [-0.25, -0.2) is 0 Å². The third kappa shape index (κ3) is 5.92. The number of methoxy groups -OCH3 is 1. The van der Waals surface area contributed by atoms with Crippen molar-refractivity contribution in [1.82, 2.24) is 9.88 Å². The van der Waals surface area contributed by atoms with Gasteiger partial charge in [0.15, 0.2) is 11.5 Å². The first-order chi connectivity index (χ1) is 17.3.